The van der Waals surface area contributed by atoms with E-state index >= 15 is 0 Å². The van der Waals surface area contributed by atoms with Crippen molar-refractivity contribution in [3.63, 3.8) is 0 Å². The number of methoxy groups -OCH3 is 2. The highest BCUT2D eigenvalue weighted by molar-refractivity contribution is 6.12. The lowest BCUT2D eigenvalue weighted by Gasteiger charge is -2.32. The summed E-state index contributed by atoms with van der Waals surface area (Å²) in [6.07, 6.45) is 1.40. The lowest BCUT2D eigenvalue weighted by atomic mass is 9.89. The Morgan fingerprint density at radius 1 is 0.971 bits per heavy atom. The third kappa shape index (κ3) is 10.2. The third-order valence-electron chi connectivity index (χ3n) is 13.2. The van der Waals surface area contributed by atoms with Crippen LogP contribution in [-0.2, 0) is 53.1 Å². The van der Waals surface area contributed by atoms with Crippen LogP contribution in [0.5, 0.6) is 17.2 Å². The number of phenols is 2. The Bertz CT molecular complexity index is 2940. The minimum Gasteiger partial charge on any atom is -0.508 e. The van der Waals surface area contributed by atoms with Crippen molar-refractivity contribution in [2.45, 2.75) is 71.8 Å². The molecule has 0 amide bonds. The van der Waals surface area contributed by atoms with Gasteiger partial charge in [0.15, 0.2) is 12.1 Å². The van der Waals surface area contributed by atoms with Crippen molar-refractivity contribution in [1.29, 1.82) is 0 Å². The summed E-state index contributed by atoms with van der Waals surface area (Å²) in [6.45, 7) is 18.3. The fraction of sp³-hybridized carbons (Fsp3) is 0.385. The molecule has 0 spiro atoms. The predicted molar refractivity (Wildman–Crippen MR) is 270 cm³/mol. The first kappa shape index (κ1) is 51.6. The Morgan fingerprint density at radius 3 is 2.30 bits per heavy atom. The van der Waals surface area contributed by atoms with E-state index in [2.05, 4.69) is 58.4 Å². The number of anilines is 1. The molecule has 17 nitrogen and oxygen atoms in total. The number of carbonyl (C=O) groups excluding carboxylic acids is 2. The standard InChI is InChI=1S/C27H36N6O3.C24H26N2O5.CH2O/c1-18(2)22-14-23(26(36)15-25(22)35)27(29-28-3)33(17-34)20-6-7-24-19(12-20)13-21(31(24)5)16-32-10-8-30(4)9-11-32;1-5-15-16-9-14(31-4)7-8-20(16)25-22-17(15)11-26-21(22)10-19(24(29,6-2)13-27)18(12-30-3)23(26)28;1-2/h6-7,12-15,18,34-36H,3,8-11,16-17H2,1-2,4-5H3;7-10,13,29H,5-6,11-12H2,1-4H3;1H2/b29-27-;;. The maximum absolute atomic E-state index is 13.4. The van der Waals surface area contributed by atoms with Gasteiger partial charge in [-0.15, -0.1) is 5.10 Å². The second-order valence-corrected chi connectivity index (χ2v) is 17.5. The molecule has 2 aliphatic rings. The molecule has 1 fully saturated rings. The molecular weight excluding hydrogens is 881 g/mol. The number of hydrogen-bond donors (Lipinski definition) is 4. The van der Waals surface area contributed by atoms with Gasteiger partial charge in [-0.05, 0) is 91.5 Å². The Morgan fingerprint density at radius 2 is 1.70 bits per heavy atom. The van der Waals surface area contributed by atoms with Crippen LogP contribution in [0, 0.1) is 0 Å². The number of nitrogens with zero attached hydrogens (tertiary/aromatic N) is 8. The first-order valence-corrected chi connectivity index (χ1v) is 22.9. The van der Waals surface area contributed by atoms with E-state index < -0.39 is 12.3 Å². The van der Waals surface area contributed by atoms with Crippen LogP contribution in [0.4, 0.5) is 5.69 Å². The van der Waals surface area contributed by atoms with Crippen molar-refractivity contribution in [1.82, 2.24) is 23.9 Å². The number of rotatable bonds is 14. The highest BCUT2D eigenvalue weighted by Gasteiger charge is 2.35. The van der Waals surface area contributed by atoms with Gasteiger partial charge in [0.25, 0.3) is 5.56 Å². The van der Waals surface area contributed by atoms with Crippen LogP contribution in [0.15, 0.2) is 75.7 Å². The number of aldehydes is 1. The number of amidine groups is 1. The number of aliphatic hydroxyl groups excluding tert-OH is 1. The van der Waals surface area contributed by atoms with Crippen LogP contribution in [0.1, 0.15) is 79.1 Å². The molecule has 0 saturated carbocycles. The SMILES string of the molecule is C=N/N=C(/c1cc(C(C)C)c(O)cc1O)N(CO)c1ccc2c(c1)cc(CN1CCN(C)CC1)n2C.C=O.CCc1c2c(nc3ccc(OC)cc13)-c1cc(C(O)(C=O)CC)c(COC)c(=O)n1C2. The average molecular weight is 945 g/mol. The number of carbonyl (C=O) groups is 2. The molecule has 0 radical (unpaired) electrons. The molecule has 17 heteroatoms. The van der Waals surface area contributed by atoms with Crippen LogP contribution < -0.4 is 15.2 Å². The number of phenolic OH excluding ortho intramolecular Hbond substituents is 2. The largest absolute Gasteiger partial charge is 0.508 e. The molecular formula is C52H64N8O9. The number of fused-ring (bicyclic) bond motifs is 5. The molecule has 3 aromatic carbocycles. The number of aromatic hydroxyl groups is 2. The van der Waals surface area contributed by atoms with Crippen molar-refractivity contribution in [2.75, 3.05) is 59.1 Å². The van der Waals surface area contributed by atoms with Gasteiger partial charge in [-0.25, -0.2) is 4.98 Å². The van der Waals surface area contributed by atoms with Gasteiger partial charge in [-0.2, -0.15) is 5.10 Å². The number of aryl methyl sites for hydroxylation is 2. The molecule has 6 aromatic rings. The zero-order valence-electron chi connectivity index (χ0n) is 40.8. The van der Waals surface area contributed by atoms with Gasteiger partial charge in [-0.3, -0.25) is 14.5 Å². The van der Waals surface area contributed by atoms with Crippen LogP contribution in [0.2, 0.25) is 0 Å². The zero-order chi connectivity index (χ0) is 50.3. The van der Waals surface area contributed by atoms with E-state index in [4.69, 9.17) is 19.3 Å². The van der Waals surface area contributed by atoms with Crippen molar-refractivity contribution in [3.8, 4) is 28.6 Å². The Hall–Kier alpha value is -6.76. The quantitative estimate of drug-likeness (QED) is 0.0323. The van der Waals surface area contributed by atoms with Crippen LogP contribution in [0.25, 0.3) is 33.2 Å². The second kappa shape index (κ2) is 22.1. The number of hydrogen-bond acceptors (Lipinski definition) is 14. The van der Waals surface area contributed by atoms with Gasteiger partial charge in [0, 0.05) is 104 Å². The third-order valence-corrected chi connectivity index (χ3v) is 13.2. The molecule has 4 N–H and O–H groups in total. The molecule has 8 rings (SSSR count). The fourth-order valence-electron chi connectivity index (χ4n) is 9.24. The highest BCUT2D eigenvalue weighted by Crippen LogP contribution is 2.40. The second-order valence-electron chi connectivity index (χ2n) is 17.5. The van der Waals surface area contributed by atoms with Gasteiger partial charge in [0.05, 0.1) is 42.7 Å². The number of aromatic nitrogens is 3. The molecule has 2 aliphatic heterocycles. The van der Waals surface area contributed by atoms with Crippen molar-refractivity contribution >= 4 is 53.1 Å². The minimum absolute atomic E-state index is 0.00583. The number of piperazine rings is 1. The molecule has 0 bridgehead atoms. The monoisotopic (exact) mass is 944 g/mol. The number of likely N-dealkylation sites (N-methyl/N-ethyl adjacent to an activating group) is 1. The van der Waals surface area contributed by atoms with E-state index in [9.17, 15) is 30.0 Å². The van der Waals surface area contributed by atoms with Crippen LogP contribution in [-0.4, -0.2) is 124 Å². The lowest BCUT2D eigenvalue weighted by molar-refractivity contribution is -0.125. The van der Waals surface area contributed by atoms with Gasteiger partial charge in [0.2, 0.25) is 0 Å². The van der Waals surface area contributed by atoms with Crippen molar-refractivity contribution in [2.24, 2.45) is 17.3 Å². The maximum Gasteiger partial charge on any atom is 0.257 e. The average Bonchev–Trinajstić information content (AvgIpc) is 3.88. The summed E-state index contributed by atoms with van der Waals surface area (Å²) in [7, 11) is 7.35. The van der Waals surface area contributed by atoms with Gasteiger partial charge >= 0.3 is 0 Å². The fourth-order valence-corrected chi connectivity index (χ4v) is 9.24. The van der Waals surface area contributed by atoms with E-state index in [0.717, 1.165) is 77.8 Å². The molecule has 0 aliphatic carbocycles. The molecule has 1 unspecified atom stereocenters. The highest BCUT2D eigenvalue weighted by atomic mass is 16.5. The lowest BCUT2D eigenvalue weighted by Crippen LogP contribution is -2.44. The first-order valence-electron chi connectivity index (χ1n) is 22.9. The molecule has 5 heterocycles. The summed E-state index contributed by atoms with van der Waals surface area (Å²) >= 11 is 0. The Balaban J connectivity index is 0.000000221. The van der Waals surface area contributed by atoms with E-state index in [0.29, 0.717) is 46.6 Å². The summed E-state index contributed by atoms with van der Waals surface area (Å²) in [6, 6.07) is 18.6. The van der Waals surface area contributed by atoms with Gasteiger partial charge < -0.3 is 53.6 Å². The van der Waals surface area contributed by atoms with Crippen molar-refractivity contribution < 1.29 is 39.5 Å². The summed E-state index contributed by atoms with van der Waals surface area (Å²) < 4.78 is 14.5. The maximum atomic E-state index is 13.4. The van der Waals surface area contributed by atoms with E-state index in [1.807, 2.05) is 57.0 Å². The number of pyridine rings is 2. The molecule has 1 saturated heterocycles. The minimum atomic E-state index is -1.76. The van der Waals surface area contributed by atoms with Crippen LogP contribution >= 0.6 is 0 Å². The summed E-state index contributed by atoms with van der Waals surface area (Å²) in [5.41, 5.74) is 6.77. The molecule has 69 heavy (non-hydrogen) atoms. The Kier molecular flexibility index (Phi) is 16.5. The van der Waals surface area contributed by atoms with Gasteiger partial charge in [-0.1, -0.05) is 27.7 Å². The van der Waals surface area contributed by atoms with E-state index in [1.54, 1.807) is 35.6 Å². The topological polar surface area (TPSA) is 208 Å². The number of aliphatic hydroxyl groups is 2. The van der Waals surface area contributed by atoms with Gasteiger partial charge in [0.1, 0.15) is 36.4 Å². The molecule has 366 valence electrons. The number of ether oxygens (including phenoxy) is 2. The smallest absolute Gasteiger partial charge is 0.257 e. The normalized spacial score (nSPS) is 14.6. The first-order chi connectivity index (χ1) is 33.1. The van der Waals surface area contributed by atoms with E-state index in [-0.39, 0.29) is 47.4 Å². The zero-order valence-corrected chi connectivity index (χ0v) is 40.8. The Labute approximate surface area is 402 Å². The predicted octanol–water partition coefficient (Wildman–Crippen LogP) is 6.03. The molecule has 1 atom stereocenters. The number of benzene rings is 3. The van der Waals surface area contributed by atoms with Crippen molar-refractivity contribution in [3.05, 3.63) is 110 Å². The van der Waals surface area contributed by atoms with E-state index in [1.165, 1.54) is 18.9 Å². The summed E-state index contributed by atoms with van der Waals surface area (Å²) in [5.74, 6) is 0.851. The summed E-state index contributed by atoms with van der Waals surface area (Å²) in [4.78, 5) is 44.4. The molecule has 3 aromatic heterocycles. The van der Waals surface area contributed by atoms with Crippen LogP contribution in [0.3, 0.4) is 0 Å². The summed E-state index contributed by atoms with van der Waals surface area (Å²) in [5, 5.41) is 52.1.